The number of ketones is 1. The van der Waals surface area contributed by atoms with E-state index in [1.54, 1.807) is 0 Å². The van der Waals surface area contributed by atoms with Crippen LogP contribution in [0.5, 0.6) is 0 Å². The van der Waals surface area contributed by atoms with E-state index >= 15 is 0 Å². The molecule has 2 aliphatic rings. The Morgan fingerprint density at radius 2 is 1.89 bits per heavy atom. The highest BCUT2D eigenvalue weighted by atomic mass is 16.6. The summed E-state index contributed by atoms with van der Waals surface area (Å²) in [5.74, 6) is -0.288. The van der Waals surface area contributed by atoms with Crippen LogP contribution in [0, 0.1) is 0 Å². The fourth-order valence-electron chi connectivity index (χ4n) is 3.89. The fourth-order valence-corrected chi connectivity index (χ4v) is 3.89. The minimum absolute atomic E-state index is 0.0560. The van der Waals surface area contributed by atoms with Crippen LogP contribution in [0.25, 0.3) is 0 Å². The molecule has 0 aromatic carbocycles. The number of aliphatic hydroxyl groups is 1. The second-order valence-corrected chi connectivity index (χ2v) is 8.74. The first-order chi connectivity index (χ1) is 12.5. The van der Waals surface area contributed by atoms with Crippen molar-refractivity contribution in [3.05, 3.63) is 22.8 Å². The van der Waals surface area contributed by atoms with E-state index in [9.17, 15) is 14.7 Å². The van der Waals surface area contributed by atoms with E-state index in [0.29, 0.717) is 25.7 Å². The van der Waals surface area contributed by atoms with E-state index in [0.717, 1.165) is 29.6 Å². The van der Waals surface area contributed by atoms with Crippen molar-refractivity contribution in [1.29, 1.82) is 0 Å². The van der Waals surface area contributed by atoms with Gasteiger partial charge in [0.25, 0.3) is 0 Å². The van der Waals surface area contributed by atoms with Gasteiger partial charge in [0.15, 0.2) is 5.78 Å². The van der Waals surface area contributed by atoms with Gasteiger partial charge in [-0.15, -0.1) is 0 Å². The maximum Gasteiger partial charge on any atom is 0.303 e. The molecule has 0 bridgehead atoms. The zero-order valence-corrected chi connectivity index (χ0v) is 17.6. The Bertz CT molecular complexity index is 658. The first-order valence-corrected chi connectivity index (χ1v) is 9.90. The number of esters is 1. The number of aliphatic hydroxyl groups excluding tert-OH is 1. The SMILES string of the molecule is CC(=O)O[C@]1(C)CCC(=C(C)C)C(=O)[C@@H]2O[C@@]2(C)CCC=C(C)[C@@H](O)CC1. The molecule has 2 rings (SSSR count). The van der Waals surface area contributed by atoms with Crippen molar-refractivity contribution < 1.29 is 24.2 Å². The molecule has 152 valence electrons. The molecule has 0 spiro atoms. The number of epoxide rings is 1. The molecule has 1 saturated heterocycles. The van der Waals surface area contributed by atoms with Gasteiger partial charge in [-0.3, -0.25) is 9.59 Å². The Hall–Kier alpha value is -1.46. The molecule has 27 heavy (non-hydrogen) atoms. The molecule has 0 aromatic rings. The number of carbonyl (C=O) groups is 2. The molecule has 0 amide bonds. The maximum absolute atomic E-state index is 13.0. The number of hydrogen-bond donors (Lipinski definition) is 1. The van der Waals surface area contributed by atoms with Gasteiger partial charge < -0.3 is 14.6 Å². The van der Waals surface area contributed by atoms with E-state index in [2.05, 4.69) is 0 Å². The van der Waals surface area contributed by atoms with Gasteiger partial charge in [0.1, 0.15) is 17.3 Å². The predicted molar refractivity (Wildman–Crippen MR) is 104 cm³/mol. The van der Waals surface area contributed by atoms with Crippen LogP contribution in [0.4, 0.5) is 0 Å². The second kappa shape index (κ2) is 8.27. The highest BCUT2D eigenvalue weighted by molar-refractivity contribution is 6.01. The Labute approximate surface area is 162 Å². The molecule has 1 aliphatic heterocycles. The Morgan fingerprint density at radius 1 is 1.22 bits per heavy atom. The van der Waals surface area contributed by atoms with Crippen LogP contribution in [-0.2, 0) is 19.1 Å². The van der Waals surface area contributed by atoms with Crippen molar-refractivity contribution in [1.82, 2.24) is 0 Å². The number of ether oxygens (including phenoxy) is 2. The second-order valence-electron chi connectivity index (χ2n) is 8.74. The molecular weight excluding hydrogens is 344 g/mol. The zero-order valence-electron chi connectivity index (χ0n) is 17.6. The van der Waals surface area contributed by atoms with Crippen molar-refractivity contribution in [3.63, 3.8) is 0 Å². The smallest absolute Gasteiger partial charge is 0.303 e. The topological polar surface area (TPSA) is 76.1 Å². The first-order valence-electron chi connectivity index (χ1n) is 9.90. The summed E-state index contributed by atoms with van der Waals surface area (Å²) in [7, 11) is 0. The van der Waals surface area contributed by atoms with Gasteiger partial charge in [0.05, 0.1) is 6.10 Å². The molecule has 0 aromatic heterocycles. The standard InChI is InChI=1S/C22H34O5/c1-14(2)17-9-12-21(5,26-16(4)23)13-10-18(24)15(3)8-7-11-22(6)20(27-22)19(17)25/h8,18,20,24H,7,9-13H2,1-6H3/t18-,20-,21+,22-/m0/s1. The minimum atomic E-state index is -0.716. The van der Waals surface area contributed by atoms with E-state index in [4.69, 9.17) is 9.47 Å². The van der Waals surface area contributed by atoms with Gasteiger partial charge in [-0.1, -0.05) is 11.6 Å². The third-order valence-electron chi connectivity index (χ3n) is 5.90. The van der Waals surface area contributed by atoms with Gasteiger partial charge >= 0.3 is 5.97 Å². The summed E-state index contributed by atoms with van der Waals surface area (Å²) >= 11 is 0. The molecular formula is C22H34O5. The number of allylic oxidation sites excluding steroid dienone is 2. The summed E-state index contributed by atoms with van der Waals surface area (Å²) in [6.07, 6.45) is 4.71. The van der Waals surface area contributed by atoms with Gasteiger partial charge in [0.2, 0.25) is 0 Å². The average Bonchev–Trinajstić information content (AvgIpc) is 3.22. The molecule has 1 aliphatic carbocycles. The largest absolute Gasteiger partial charge is 0.460 e. The Balaban J connectivity index is 2.30. The Morgan fingerprint density at radius 3 is 2.48 bits per heavy atom. The van der Waals surface area contributed by atoms with Crippen molar-refractivity contribution >= 4 is 11.8 Å². The summed E-state index contributed by atoms with van der Waals surface area (Å²) in [4.78, 5) is 24.6. The van der Waals surface area contributed by atoms with Crippen LogP contribution in [-0.4, -0.2) is 40.3 Å². The summed E-state index contributed by atoms with van der Waals surface area (Å²) in [5, 5.41) is 10.5. The molecule has 1 fully saturated rings. The lowest BCUT2D eigenvalue weighted by Gasteiger charge is -2.31. The molecule has 5 heteroatoms. The predicted octanol–water partition coefficient (Wildman–Crippen LogP) is 4.03. The number of rotatable bonds is 1. The van der Waals surface area contributed by atoms with Gasteiger partial charge in [-0.2, -0.15) is 0 Å². The van der Waals surface area contributed by atoms with Gasteiger partial charge in [0, 0.05) is 6.92 Å². The summed E-state index contributed by atoms with van der Waals surface area (Å²) in [6, 6.07) is 0. The van der Waals surface area contributed by atoms with E-state index in [-0.39, 0.29) is 11.8 Å². The van der Waals surface area contributed by atoms with Gasteiger partial charge in [-0.05, 0) is 84.3 Å². The molecule has 0 unspecified atom stereocenters. The maximum atomic E-state index is 13.0. The summed E-state index contributed by atoms with van der Waals surface area (Å²) < 4.78 is 11.4. The molecule has 1 heterocycles. The van der Waals surface area contributed by atoms with E-state index < -0.39 is 23.4 Å². The van der Waals surface area contributed by atoms with Crippen LogP contribution >= 0.6 is 0 Å². The number of hydrogen-bond acceptors (Lipinski definition) is 5. The van der Waals surface area contributed by atoms with E-state index in [1.807, 2.05) is 40.7 Å². The molecule has 5 nitrogen and oxygen atoms in total. The van der Waals surface area contributed by atoms with Gasteiger partial charge in [-0.25, -0.2) is 0 Å². The van der Waals surface area contributed by atoms with Crippen molar-refractivity contribution in [2.75, 3.05) is 0 Å². The van der Waals surface area contributed by atoms with Crippen LogP contribution < -0.4 is 0 Å². The number of carbonyl (C=O) groups excluding carboxylic acids is 2. The lowest BCUT2D eigenvalue weighted by atomic mass is 9.85. The van der Waals surface area contributed by atoms with Crippen molar-refractivity contribution in [2.45, 2.75) is 103 Å². The van der Waals surface area contributed by atoms with Crippen molar-refractivity contribution in [2.24, 2.45) is 0 Å². The fraction of sp³-hybridized carbons (Fsp3) is 0.727. The van der Waals surface area contributed by atoms with Crippen molar-refractivity contribution in [3.8, 4) is 0 Å². The third kappa shape index (κ3) is 5.52. The number of fused-ring (bicyclic) bond motifs is 1. The lowest BCUT2D eigenvalue weighted by Crippen LogP contribution is -2.33. The lowest BCUT2D eigenvalue weighted by molar-refractivity contribution is -0.157. The third-order valence-corrected chi connectivity index (χ3v) is 5.90. The quantitative estimate of drug-likeness (QED) is 0.323. The van der Waals surface area contributed by atoms with Crippen LogP contribution in [0.1, 0.15) is 80.1 Å². The summed E-state index contributed by atoms with van der Waals surface area (Å²) in [5.41, 5.74) is 1.51. The van der Waals surface area contributed by atoms with Crippen LogP contribution in [0.15, 0.2) is 22.8 Å². The highest BCUT2D eigenvalue weighted by Crippen LogP contribution is 2.43. The molecule has 0 radical (unpaired) electrons. The molecule has 4 atom stereocenters. The van der Waals surface area contributed by atoms with E-state index in [1.165, 1.54) is 6.92 Å². The highest BCUT2D eigenvalue weighted by Gasteiger charge is 2.56. The zero-order chi connectivity index (χ0) is 20.4. The number of Topliss-reactive ketones (excluding diaryl/α,β-unsaturated/α-hetero) is 1. The molecule has 0 saturated carbocycles. The Kier molecular flexibility index (Phi) is 6.69. The average molecular weight is 379 g/mol. The van der Waals surface area contributed by atoms with Crippen LogP contribution in [0.2, 0.25) is 0 Å². The monoisotopic (exact) mass is 378 g/mol. The molecule has 1 N–H and O–H groups in total. The van der Waals surface area contributed by atoms with Crippen LogP contribution in [0.3, 0.4) is 0 Å². The normalized spacial score (nSPS) is 35.6. The minimum Gasteiger partial charge on any atom is -0.460 e. The first kappa shape index (κ1) is 21.8. The summed E-state index contributed by atoms with van der Waals surface area (Å²) in [6.45, 7) is 11.1.